The Labute approximate surface area is 113 Å². The Kier molecular flexibility index (Phi) is 3.49. The molecule has 0 bridgehead atoms. The smallest absolute Gasteiger partial charge is 0.222 e. The van der Waals surface area contributed by atoms with Crippen molar-refractivity contribution in [1.82, 2.24) is 19.6 Å². The number of nitrogens with zero attached hydrogens (tertiary/aromatic N) is 4. The third kappa shape index (κ3) is 3.19. The van der Waals surface area contributed by atoms with E-state index in [1.54, 1.807) is 6.92 Å². The predicted molar refractivity (Wildman–Crippen MR) is 67.2 cm³/mol. The van der Waals surface area contributed by atoms with Gasteiger partial charge in [-0.1, -0.05) is 0 Å². The number of fused-ring (bicyclic) bond motifs is 1. The molecule has 0 N–H and O–H groups in total. The van der Waals surface area contributed by atoms with Gasteiger partial charge in [-0.05, 0) is 13.0 Å². The van der Waals surface area contributed by atoms with Gasteiger partial charge in [0.15, 0.2) is 14.9 Å². The summed E-state index contributed by atoms with van der Waals surface area (Å²) in [5.74, 6) is -1.17. The monoisotopic (exact) mass is 324 g/mol. The Bertz CT molecular complexity index is 828. The number of aryl methyl sites for hydroxylation is 1. The van der Waals surface area contributed by atoms with Crippen molar-refractivity contribution in [2.75, 3.05) is 11.5 Å². The van der Waals surface area contributed by atoms with E-state index in [1.165, 1.54) is 12.4 Å². The van der Waals surface area contributed by atoms with Gasteiger partial charge in [-0.2, -0.15) is 14.6 Å². The van der Waals surface area contributed by atoms with Gasteiger partial charge >= 0.3 is 0 Å². The summed E-state index contributed by atoms with van der Waals surface area (Å²) in [6, 6.07) is 1.30. The molecule has 0 aliphatic heterocycles. The van der Waals surface area contributed by atoms with Crippen LogP contribution in [0.25, 0.3) is 5.78 Å². The fourth-order valence-corrected chi connectivity index (χ4v) is 4.62. The van der Waals surface area contributed by atoms with Crippen LogP contribution in [0.15, 0.2) is 17.4 Å². The van der Waals surface area contributed by atoms with Gasteiger partial charge in [0.25, 0.3) is 5.78 Å². The lowest BCUT2D eigenvalue weighted by Crippen LogP contribution is -2.18. The van der Waals surface area contributed by atoms with E-state index in [9.17, 15) is 16.8 Å². The van der Waals surface area contributed by atoms with Gasteiger partial charge in [0.05, 0.1) is 11.5 Å². The minimum atomic E-state index is -3.88. The largest absolute Gasteiger partial charge is 0.253 e. The van der Waals surface area contributed by atoms with Crippen molar-refractivity contribution < 1.29 is 16.8 Å². The lowest BCUT2D eigenvalue weighted by Gasteiger charge is -2.05. The van der Waals surface area contributed by atoms with Crippen LogP contribution in [0.5, 0.6) is 0 Å². The van der Waals surface area contributed by atoms with Crippen LogP contribution in [-0.4, -0.2) is 47.9 Å². The minimum Gasteiger partial charge on any atom is -0.222 e. The molecule has 11 heteroatoms. The molecule has 0 aliphatic carbocycles. The summed E-state index contributed by atoms with van der Waals surface area (Å²) < 4.78 is 46.9. The third-order valence-electron chi connectivity index (χ3n) is 2.26. The van der Waals surface area contributed by atoms with Gasteiger partial charge in [-0.15, -0.1) is 0 Å². The number of hydrogen-bond acceptors (Lipinski definition) is 7. The molecule has 0 saturated carbocycles. The topological polar surface area (TPSA) is 111 Å². The molecule has 0 aromatic carbocycles. The van der Waals surface area contributed by atoms with E-state index in [2.05, 4.69) is 15.1 Å². The van der Waals surface area contributed by atoms with Gasteiger partial charge in [-0.25, -0.2) is 21.8 Å². The highest BCUT2D eigenvalue weighted by atomic mass is 35.7. The van der Waals surface area contributed by atoms with Crippen LogP contribution in [0.4, 0.5) is 0 Å². The molecule has 0 saturated heterocycles. The van der Waals surface area contributed by atoms with Crippen molar-refractivity contribution in [2.24, 2.45) is 0 Å². The molecule has 0 radical (unpaired) electrons. The zero-order valence-corrected chi connectivity index (χ0v) is 12.1. The second-order valence-electron chi connectivity index (χ2n) is 3.77. The standard InChI is InChI=1S/C8H9ClN4O4S2/c1-6-4-7(13-8(12-6)10-5-11-13)18(14,15)2-3-19(9,16)17/h4-5H,2-3H2,1H3. The van der Waals surface area contributed by atoms with E-state index in [1.807, 2.05) is 0 Å². The van der Waals surface area contributed by atoms with Crippen LogP contribution in [-0.2, 0) is 18.9 Å². The molecule has 19 heavy (non-hydrogen) atoms. The van der Waals surface area contributed by atoms with Crippen molar-refractivity contribution in [1.29, 1.82) is 0 Å². The molecule has 2 aromatic heterocycles. The fraction of sp³-hybridized carbons (Fsp3) is 0.375. The van der Waals surface area contributed by atoms with Gasteiger partial charge in [-0.3, -0.25) is 0 Å². The van der Waals surface area contributed by atoms with Crippen molar-refractivity contribution >= 4 is 35.3 Å². The number of rotatable bonds is 4. The first kappa shape index (κ1) is 14.2. The van der Waals surface area contributed by atoms with E-state index in [0.29, 0.717) is 5.69 Å². The Hall–Kier alpha value is -1.26. The maximum Gasteiger partial charge on any atom is 0.253 e. The average molecular weight is 325 g/mol. The lowest BCUT2D eigenvalue weighted by atomic mass is 10.5. The van der Waals surface area contributed by atoms with Gasteiger partial charge in [0.2, 0.25) is 9.05 Å². The van der Waals surface area contributed by atoms with E-state index in [0.717, 1.165) is 4.52 Å². The minimum absolute atomic E-state index is 0.132. The molecule has 8 nitrogen and oxygen atoms in total. The van der Waals surface area contributed by atoms with Crippen LogP contribution in [0.2, 0.25) is 0 Å². The number of hydrogen-bond donors (Lipinski definition) is 0. The Morgan fingerprint density at radius 3 is 2.58 bits per heavy atom. The fourth-order valence-electron chi connectivity index (χ4n) is 1.43. The molecule has 0 spiro atoms. The molecular formula is C8H9ClN4O4S2. The van der Waals surface area contributed by atoms with E-state index < -0.39 is 30.4 Å². The van der Waals surface area contributed by atoms with Crippen LogP contribution in [0.3, 0.4) is 0 Å². The number of sulfone groups is 1. The van der Waals surface area contributed by atoms with Gasteiger partial charge in [0, 0.05) is 16.4 Å². The summed E-state index contributed by atoms with van der Waals surface area (Å²) in [5.41, 5.74) is 0.438. The molecule has 0 fully saturated rings. The highest BCUT2D eigenvalue weighted by molar-refractivity contribution is 8.14. The third-order valence-corrected chi connectivity index (χ3v) is 5.34. The van der Waals surface area contributed by atoms with E-state index in [-0.39, 0.29) is 10.8 Å². The normalized spacial score (nSPS) is 12.9. The van der Waals surface area contributed by atoms with Crippen LogP contribution in [0.1, 0.15) is 5.69 Å². The molecule has 0 aliphatic rings. The summed E-state index contributed by atoms with van der Waals surface area (Å²) >= 11 is 0. The summed E-state index contributed by atoms with van der Waals surface area (Å²) in [5, 5.41) is 3.59. The SMILES string of the molecule is Cc1cc(S(=O)(=O)CCS(=O)(=O)Cl)n2ncnc2n1. The number of halogens is 1. The van der Waals surface area contributed by atoms with Gasteiger partial charge in [0.1, 0.15) is 6.33 Å². The van der Waals surface area contributed by atoms with E-state index in [4.69, 9.17) is 10.7 Å². The lowest BCUT2D eigenvalue weighted by molar-refractivity contribution is 0.584. The highest BCUT2D eigenvalue weighted by Crippen LogP contribution is 2.14. The quantitative estimate of drug-likeness (QED) is 0.564. The Morgan fingerprint density at radius 1 is 1.26 bits per heavy atom. The van der Waals surface area contributed by atoms with Gasteiger partial charge < -0.3 is 0 Å². The highest BCUT2D eigenvalue weighted by Gasteiger charge is 2.22. The molecule has 0 unspecified atom stereocenters. The maximum atomic E-state index is 12.1. The van der Waals surface area contributed by atoms with Crippen LogP contribution >= 0.6 is 10.7 Å². The summed E-state index contributed by atoms with van der Waals surface area (Å²) in [7, 11) is -2.72. The maximum absolute atomic E-state index is 12.1. The van der Waals surface area contributed by atoms with Crippen molar-refractivity contribution in [3.8, 4) is 0 Å². The average Bonchev–Trinajstić information content (AvgIpc) is 2.72. The summed E-state index contributed by atoms with van der Waals surface area (Å²) in [6.45, 7) is 1.60. The summed E-state index contributed by atoms with van der Waals surface area (Å²) in [4.78, 5) is 7.79. The Morgan fingerprint density at radius 2 is 1.95 bits per heavy atom. The molecule has 0 atom stereocenters. The molecular weight excluding hydrogens is 316 g/mol. The van der Waals surface area contributed by atoms with Crippen molar-refractivity contribution in [3.63, 3.8) is 0 Å². The number of aromatic nitrogens is 4. The molecule has 2 rings (SSSR count). The van der Waals surface area contributed by atoms with Crippen LogP contribution in [0, 0.1) is 6.92 Å². The van der Waals surface area contributed by atoms with Crippen molar-refractivity contribution in [2.45, 2.75) is 11.9 Å². The molecule has 2 aromatic rings. The molecule has 0 amide bonds. The summed E-state index contributed by atoms with van der Waals surface area (Å²) in [6.07, 6.45) is 1.17. The first-order chi connectivity index (χ1) is 8.69. The molecule has 104 valence electrons. The predicted octanol–water partition coefficient (Wildman–Crippen LogP) is -0.225. The first-order valence-electron chi connectivity index (χ1n) is 5.01. The van der Waals surface area contributed by atoms with Crippen molar-refractivity contribution in [3.05, 3.63) is 18.1 Å². The van der Waals surface area contributed by atoms with Crippen LogP contribution < -0.4 is 0 Å². The van der Waals surface area contributed by atoms with E-state index >= 15 is 0 Å². The zero-order valence-electron chi connectivity index (χ0n) is 9.69. The first-order valence-corrected chi connectivity index (χ1v) is 9.14. The zero-order chi connectivity index (χ0) is 14.3. The Balaban J connectivity index is 2.51. The second-order valence-corrected chi connectivity index (χ2v) is 8.72. The molecule has 2 heterocycles. The second kappa shape index (κ2) is 4.69.